The average molecular weight is 554 g/mol. The van der Waals surface area contributed by atoms with E-state index in [-0.39, 0.29) is 38.2 Å². The van der Waals surface area contributed by atoms with Crippen LogP contribution in [0.5, 0.6) is 0 Å². The third kappa shape index (κ3) is 13.2. The van der Waals surface area contributed by atoms with Gasteiger partial charge in [-0.2, -0.15) is 0 Å². The molecule has 1 heterocycles. The molecule has 0 saturated carbocycles. The first kappa shape index (κ1) is 32.8. The van der Waals surface area contributed by atoms with E-state index >= 15 is 0 Å². The van der Waals surface area contributed by atoms with E-state index in [0.29, 0.717) is 25.1 Å². The lowest BCUT2D eigenvalue weighted by atomic mass is 10.1. The molecule has 1 aromatic heterocycles. The van der Waals surface area contributed by atoms with E-state index in [1.54, 1.807) is 0 Å². The lowest BCUT2D eigenvalue weighted by molar-refractivity contribution is -0.142. The van der Waals surface area contributed by atoms with Crippen molar-refractivity contribution in [3.05, 3.63) is 18.2 Å². The molecule has 0 radical (unpaired) electrons. The molecule has 0 fully saturated rings. The topological polar surface area (TPSA) is 313 Å². The van der Waals surface area contributed by atoms with E-state index in [2.05, 4.69) is 30.9 Å². The molecule has 1 rings (SSSR count). The fourth-order valence-electron chi connectivity index (χ4n) is 3.48. The lowest BCUT2D eigenvalue weighted by Gasteiger charge is -2.25. The van der Waals surface area contributed by atoms with Crippen LogP contribution in [0, 0.1) is 0 Å². The number of carboxylic acids is 1. The Morgan fingerprint density at radius 3 is 2.10 bits per heavy atom. The smallest absolute Gasteiger partial charge is 0.326 e. The third-order valence-electron chi connectivity index (χ3n) is 5.51. The average Bonchev–Trinajstić information content (AvgIpc) is 3.37. The van der Waals surface area contributed by atoms with E-state index in [9.17, 15) is 29.1 Å². The molecule has 1 aromatic rings. The Kier molecular flexibility index (Phi) is 14.5. The number of nitrogens with two attached hydrogens (primary N) is 5. The number of aromatic amines is 1. The monoisotopic (exact) mass is 553 g/mol. The van der Waals surface area contributed by atoms with E-state index in [4.69, 9.17) is 28.7 Å². The first-order chi connectivity index (χ1) is 18.4. The van der Waals surface area contributed by atoms with Crippen LogP contribution in [-0.4, -0.2) is 87.9 Å². The summed E-state index contributed by atoms with van der Waals surface area (Å²) in [6.45, 7) is 0.522. The largest absolute Gasteiger partial charge is 0.480 e. The van der Waals surface area contributed by atoms with Crippen molar-refractivity contribution in [2.45, 2.75) is 69.1 Å². The Morgan fingerprint density at radius 2 is 1.54 bits per heavy atom. The van der Waals surface area contributed by atoms with Crippen molar-refractivity contribution in [3.8, 4) is 0 Å². The number of imidazole rings is 1. The van der Waals surface area contributed by atoms with Crippen molar-refractivity contribution in [3.63, 3.8) is 0 Å². The number of rotatable bonds is 19. The number of nitrogens with zero attached hydrogens (tertiary/aromatic N) is 2. The molecule has 4 atom stereocenters. The van der Waals surface area contributed by atoms with E-state index in [1.165, 1.54) is 12.5 Å². The number of primary amides is 1. The van der Waals surface area contributed by atoms with Crippen LogP contribution in [0.2, 0.25) is 0 Å². The van der Waals surface area contributed by atoms with Gasteiger partial charge in [-0.15, -0.1) is 0 Å². The molecule has 0 aliphatic heterocycles. The minimum Gasteiger partial charge on any atom is -0.480 e. The summed E-state index contributed by atoms with van der Waals surface area (Å²) in [6.07, 6.45) is 3.83. The number of carbonyl (C=O) groups is 5. The van der Waals surface area contributed by atoms with E-state index < -0.39 is 60.2 Å². The normalized spacial score (nSPS) is 13.8. The third-order valence-corrected chi connectivity index (χ3v) is 5.51. The summed E-state index contributed by atoms with van der Waals surface area (Å²) in [4.78, 5) is 72.2. The van der Waals surface area contributed by atoms with Crippen LogP contribution < -0.4 is 44.6 Å². The summed E-state index contributed by atoms with van der Waals surface area (Å²) in [7, 11) is 0. The van der Waals surface area contributed by atoms with Crippen molar-refractivity contribution in [2.24, 2.45) is 33.7 Å². The van der Waals surface area contributed by atoms with Crippen molar-refractivity contribution in [1.29, 1.82) is 0 Å². The molecule has 15 N–H and O–H groups in total. The number of aromatic nitrogens is 2. The van der Waals surface area contributed by atoms with Crippen LogP contribution in [0.1, 0.15) is 44.2 Å². The van der Waals surface area contributed by atoms with Gasteiger partial charge in [0.1, 0.15) is 18.1 Å². The van der Waals surface area contributed by atoms with Crippen LogP contribution in [0.25, 0.3) is 0 Å². The second-order valence-electron chi connectivity index (χ2n) is 8.81. The molecular formula is C22H39N11O6. The van der Waals surface area contributed by atoms with Gasteiger partial charge in [0.2, 0.25) is 23.6 Å². The van der Waals surface area contributed by atoms with Crippen LogP contribution >= 0.6 is 0 Å². The van der Waals surface area contributed by atoms with Gasteiger partial charge in [-0.25, -0.2) is 9.78 Å². The summed E-state index contributed by atoms with van der Waals surface area (Å²) < 4.78 is 0. The first-order valence-corrected chi connectivity index (χ1v) is 12.3. The second kappa shape index (κ2) is 17.3. The lowest BCUT2D eigenvalue weighted by Crippen LogP contribution is -2.57. The highest BCUT2D eigenvalue weighted by atomic mass is 16.4. The van der Waals surface area contributed by atoms with Gasteiger partial charge in [0.05, 0.1) is 18.8 Å². The van der Waals surface area contributed by atoms with Crippen LogP contribution in [0.3, 0.4) is 0 Å². The van der Waals surface area contributed by atoms with Gasteiger partial charge in [0.25, 0.3) is 0 Å². The summed E-state index contributed by atoms with van der Waals surface area (Å²) in [6, 6.07) is -4.93. The quantitative estimate of drug-likeness (QED) is 0.0445. The molecule has 39 heavy (non-hydrogen) atoms. The molecule has 0 bridgehead atoms. The van der Waals surface area contributed by atoms with Crippen molar-refractivity contribution >= 4 is 35.6 Å². The SMILES string of the molecule is NCCCCC(NC(=O)C(Cc1cnc[nH]1)NC(=O)C(CCCN=C(N)N)NC(=O)C(N)CC(N)=O)C(=O)O. The van der Waals surface area contributed by atoms with Gasteiger partial charge < -0.3 is 54.7 Å². The molecule has 0 aliphatic rings. The zero-order chi connectivity index (χ0) is 29.4. The number of H-pyrrole nitrogens is 1. The summed E-state index contributed by atoms with van der Waals surface area (Å²) >= 11 is 0. The number of unbranched alkanes of at least 4 members (excludes halogenated alkanes) is 1. The maximum atomic E-state index is 13.2. The van der Waals surface area contributed by atoms with Crippen LogP contribution in [0.4, 0.5) is 0 Å². The summed E-state index contributed by atoms with van der Waals surface area (Å²) in [5, 5.41) is 17.0. The molecule has 0 spiro atoms. The Labute approximate surface area is 225 Å². The standard InChI is InChI=1S/C22H39N11O6/c23-6-2-1-4-15(21(38)39)32-20(37)16(8-12-10-28-11-30-12)33-19(36)14(5-3-7-29-22(26)27)31-18(35)13(24)9-17(25)34/h10-11,13-16H,1-9,23-24H2,(H2,25,34)(H,28,30)(H,31,35)(H,32,37)(H,33,36)(H,38,39)(H4,26,27,29). The second-order valence-corrected chi connectivity index (χ2v) is 8.81. The summed E-state index contributed by atoms with van der Waals surface area (Å²) in [5.41, 5.74) is 27.4. The molecule has 0 aliphatic carbocycles. The van der Waals surface area contributed by atoms with Crippen molar-refractivity contribution in [2.75, 3.05) is 13.1 Å². The minimum atomic E-state index is -1.30. The van der Waals surface area contributed by atoms with Gasteiger partial charge in [0.15, 0.2) is 5.96 Å². The van der Waals surface area contributed by atoms with Crippen molar-refractivity contribution in [1.82, 2.24) is 25.9 Å². The minimum absolute atomic E-state index is 0.0485. The Bertz CT molecular complexity index is 981. The number of aliphatic carboxylic acids is 1. The molecule has 17 heteroatoms. The molecule has 0 saturated heterocycles. The number of guanidine groups is 1. The predicted octanol–water partition coefficient (Wildman–Crippen LogP) is -4.12. The van der Waals surface area contributed by atoms with Crippen LogP contribution in [-0.2, 0) is 30.4 Å². The van der Waals surface area contributed by atoms with E-state index in [1.807, 2.05) is 0 Å². The van der Waals surface area contributed by atoms with Gasteiger partial charge in [-0.1, -0.05) is 0 Å². The Morgan fingerprint density at radius 1 is 0.923 bits per heavy atom. The molecule has 218 valence electrons. The zero-order valence-corrected chi connectivity index (χ0v) is 21.6. The van der Waals surface area contributed by atoms with Gasteiger partial charge in [-0.3, -0.25) is 24.2 Å². The highest BCUT2D eigenvalue weighted by molar-refractivity contribution is 5.95. The summed E-state index contributed by atoms with van der Waals surface area (Å²) in [5.74, 6) is -4.51. The fourth-order valence-corrected chi connectivity index (χ4v) is 3.48. The van der Waals surface area contributed by atoms with Gasteiger partial charge >= 0.3 is 5.97 Å². The highest BCUT2D eigenvalue weighted by Crippen LogP contribution is 2.06. The number of carbonyl (C=O) groups excluding carboxylic acids is 4. The number of amides is 4. The number of nitrogens with one attached hydrogen (secondary N) is 4. The van der Waals surface area contributed by atoms with Crippen LogP contribution in [0.15, 0.2) is 17.5 Å². The molecule has 4 unspecified atom stereocenters. The zero-order valence-electron chi connectivity index (χ0n) is 21.6. The number of aliphatic imine (C=N–C) groups is 1. The molecular weight excluding hydrogens is 514 g/mol. The molecule has 17 nitrogen and oxygen atoms in total. The van der Waals surface area contributed by atoms with Gasteiger partial charge in [0, 0.05) is 24.9 Å². The van der Waals surface area contributed by atoms with Gasteiger partial charge in [-0.05, 0) is 38.6 Å². The number of hydrogen-bond donors (Lipinski definition) is 10. The first-order valence-electron chi connectivity index (χ1n) is 12.3. The predicted molar refractivity (Wildman–Crippen MR) is 140 cm³/mol. The Hall–Kier alpha value is -4.25. The maximum absolute atomic E-state index is 13.2. The fraction of sp³-hybridized carbons (Fsp3) is 0.591. The number of carboxylic acid groups (broad SMARTS) is 1. The Balaban J connectivity index is 3.08. The van der Waals surface area contributed by atoms with E-state index in [0.717, 1.165) is 0 Å². The molecule has 4 amide bonds. The highest BCUT2D eigenvalue weighted by Gasteiger charge is 2.30. The molecule has 0 aromatic carbocycles. The number of hydrogen-bond acceptors (Lipinski definition) is 9. The maximum Gasteiger partial charge on any atom is 0.326 e. The van der Waals surface area contributed by atoms with Crippen molar-refractivity contribution < 1.29 is 29.1 Å².